The molecule has 0 spiro atoms. The molecular formula is C14H14FN3O4. The van der Waals surface area contributed by atoms with Crippen LogP contribution in [-0.2, 0) is 20.9 Å². The van der Waals surface area contributed by atoms with Gasteiger partial charge in [0.1, 0.15) is 18.5 Å². The molecule has 1 aromatic rings. The van der Waals surface area contributed by atoms with Gasteiger partial charge in [0.05, 0.1) is 0 Å². The van der Waals surface area contributed by atoms with Crippen molar-refractivity contribution < 1.29 is 23.5 Å². The molecule has 0 aromatic heterocycles. The summed E-state index contributed by atoms with van der Waals surface area (Å²) in [5, 5.41) is 7.24. The lowest BCUT2D eigenvalue weighted by Gasteiger charge is -2.10. The number of nitrogens with one attached hydrogen (secondary N) is 3. The molecule has 7 nitrogen and oxygen atoms in total. The second-order valence-corrected chi connectivity index (χ2v) is 4.51. The van der Waals surface area contributed by atoms with E-state index in [0.717, 1.165) is 12.1 Å². The Morgan fingerprint density at radius 1 is 1.50 bits per heavy atom. The van der Waals surface area contributed by atoms with E-state index in [0.29, 0.717) is 0 Å². The number of anilines is 1. The average molecular weight is 307 g/mol. The highest BCUT2D eigenvalue weighted by molar-refractivity contribution is 5.97. The average Bonchev–Trinajstić information content (AvgIpc) is 2.92. The quantitative estimate of drug-likeness (QED) is 0.697. The molecule has 3 N–H and O–H groups in total. The molecule has 1 fully saturated rings. The molecule has 2 rings (SSSR count). The van der Waals surface area contributed by atoms with E-state index in [1.807, 2.05) is 0 Å². The third-order valence-corrected chi connectivity index (χ3v) is 2.95. The molecule has 22 heavy (non-hydrogen) atoms. The SMILES string of the molecule is C=CC(=O)NCc1ccc(NC(=O)[C@H]2COC(=O)N2)cc1F. The van der Waals surface area contributed by atoms with E-state index in [2.05, 4.69) is 27.3 Å². The number of carbonyl (C=O) groups is 3. The van der Waals surface area contributed by atoms with Crippen molar-refractivity contribution in [1.29, 1.82) is 0 Å². The Bertz CT molecular complexity index is 633. The highest BCUT2D eigenvalue weighted by atomic mass is 19.1. The van der Waals surface area contributed by atoms with Gasteiger partial charge in [0, 0.05) is 17.8 Å². The molecule has 0 bridgehead atoms. The minimum absolute atomic E-state index is 0.0113. The zero-order chi connectivity index (χ0) is 16.1. The number of cyclic esters (lactones) is 1. The second-order valence-electron chi connectivity index (χ2n) is 4.51. The van der Waals surface area contributed by atoms with Gasteiger partial charge in [0.15, 0.2) is 0 Å². The molecule has 0 aliphatic carbocycles. The fraction of sp³-hybridized carbons (Fsp3) is 0.214. The first-order valence-electron chi connectivity index (χ1n) is 6.42. The minimum atomic E-state index is -0.804. The van der Waals surface area contributed by atoms with E-state index in [9.17, 15) is 18.8 Å². The Balaban J connectivity index is 1.96. The molecule has 0 unspecified atom stereocenters. The highest BCUT2D eigenvalue weighted by Crippen LogP contribution is 2.15. The molecule has 1 saturated heterocycles. The lowest BCUT2D eigenvalue weighted by molar-refractivity contribution is -0.118. The van der Waals surface area contributed by atoms with Crippen molar-refractivity contribution in [3.05, 3.63) is 42.2 Å². The number of alkyl carbamates (subject to hydrolysis) is 1. The Kier molecular flexibility index (Phi) is 4.72. The number of amides is 3. The zero-order valence-corrected chi connectivity index (χ0v) is 11.5. The molecule has 1 atom stereocenters. The van der Waals surface area contributed by atoms with E-state index in [1.54, 1.807) is 0 Å². The van der Waals surface area contributed by atoms with Crippen LogP contribution in [0.3, 0.4) is 0 Å². The molecule has 8 heteroatoms. The van der Waals surface area contributed by atoms with Crippen molar-refractivity contribution in [2.24, 2.45) is 0 Å². The van der Waals surface area contributed by atoms with E-state index >= 15 is 0 Å². The van der Waals surface area contributed by atoms with Crippen LogP contribution in [-0.4, -0.2) is 30.6 Å². The third kappa shape index (κ3) is 3.81. The van der Waals surface area contributed by atoms with Crippen LogP contribution in [0.25, 0.3) is 0 Å². The first kappa shape index (κ1) is 15.5. The smallest absolute Gasteiger partial charge is 0.407 e. The van der Waals surface area contributed by atoms with Crippen molar-refractivity contribution in [3.8, 4) is 0 Å². The van der Waals surface area contributed by atoms with Crippen molar-refractivity contribution in [2.75, 3.05) is 11.9 Å². The molecule has 0 radical (unpaired) electrons. The summed E-state index contributed by atoms with van der Waals surface area (Å²) in [4.78, 5) is 33.7. The highest BCUT2D eigenvalue weighted by Gasteiger charge is 2.28. The van der Waals surface area contributed by atoms with Gasteiger partial charge < -0.3 is 20.7 Å². The van der Waals surface area contributed by atoms with Crippen LogP contribution < -0.4 is 16.0 Å². The summed E-state index contributed by atoms with van der Waals surface area (Å²) >= 11 is 0. The van der Waals surface area contributed by atoms with Crippen LogP contribution in [0.4, 0.5) is 14.9 Å². The normalized spacial score (nSPS) is 16.4. The predicted molar refractivity (Wildman–Crippen MR) is 75.3 cm³/mol. The van der Waals surface area contributed by atoms with Crippen LogP contribution in [0.1, 0.15) is 5.56 Å². The molecule has 3 amide bonds. The number of hydrogen-bond donors (Lipinski definition) is 3. The maximum atomic E-state index is 13.9. The second kappa shape index (κ2) is 6.70. The van der Waals surface area contributed by atoms with Crippen molar-refractivity contribution in [1.82, 2.24) is 10.6 Å². The number of rotatable bonds is 5. The van der Waals surface area contributed by atoms with Crippen LogP contribution in [0.5, 0.6) is 0 Å². The van der Waals surface area contributed by atoms with Crippen molar-refractivity contribution in [2.45, 2.75) is 12.6 Å². The molecular weight excluding hydrogens is 293 g/mol. The van der Waals surface area contributed by atoms with E-state index < -0.39 is 29.8 Å². The molecule has 1 aliphatic rings. The van der Waals surface area contributed by atoms with Gasteiger partial charge in [-0.25, -0.2) is 9.18 Å². The van der Waals surface area contributed by atoms with Crippen molar-refractivity contribution in [3.63, 3.8) is 0 Å². The maximum absolute atomic E-state index is 13.9. The third-order valence-electron chi connectivity index (χ3n) is 2.95. The Morgan fingerprint density at radius 2 is 2.27 bits per heavy atom. The number of halogens is 1. The lowest BCUT2D eigenvalue weighted by atomic mass is 10.2. The number of hydrogen-bond acceptors (Lipinski definition) is 4. The van der Waals surface area contributed by atoms with Gasteiger partial charge in [-0.05, 0) is 18.2 Å². The number of benzene rings is 1. The lowest BCUT2D eigenvalue weighted by Crippen LogP contribution is -2.38. The summed E-state index contributed by atoms with van der Waals surface area (Å²) in [5.41, 5.74) is 0.508. The molecule has 1 aromatic carbocycles. The largest absolute Gasteiger partial charge is 0.447 e. The number of carbonyl (C=O) groups excluding carboxylic acids is 3. The summed E-state index contributed by atoms with van der Waals surface area (Å²) in [6.45, 7) is 3.23. The van der Waals surface area contributed by atoms with E-state index in [4.69, 9.17) is 0 Å². The van der Waals surface area contributed by atoms with Gasteiger partial charge in [-0.15, -0.1) is 0 Å². The van der Waals surface area contributed by atoms with Gasteiger partial charge in [0.25, 0.3) is 5.91 Å². The Hall–Kier alpha value is -2.90. The Morgan fingerprint density at radius 3 is 2.86 bits per heavy atom. The van der Waals surface area contributed by atoms with E-state index in [1.165, 1.54) is 12.1 Å². The first-order chi connectivity index (χ1) is 10.5. The fourth-order valence-corrected chi connectivity index (χ4v) is 1.78. The summed E-state index contributed by atoms with van der Waals surface area (Å²) in [6, 6.07) is 3.26. The van der Waals surface area contributed by atoms with Crippen LogP contribution in [0.15, 0.2) is 30.9 Å². The predicted octanol–water partition coefficient (Wildman–Crippen LogP) is 0.675. The molecule has 1 heterocycles. The zero-order valence-electron chi connectivity index (χ0n) is 11.5. The standard InChI is InChI=1S/C14H14FN3O4/c1-2-12(19)16-6-8-3-4-9(5-10(8)15)17-13(20)11-7-22-14(21)18-11/h2-5,11H,1,6-7H2,(H,16,19)(H,17,20)(H,18,21)/t11-/m1/s1. The first-order valence-corrected chi connectivity index (χ1v) is 6.42. The van der Waals surface area contributed by atoms with Gasteiger partial charge in [-0.2, -0.15) is 0 Å². The monoisotopic (exact) mass is 307 g/mol. The summed E-state index contributed by atoms with van der Waals surface area (Å²) in [5.74, 6) is -1.49. The fourth-order valence-electron chi connectivity index (χ4n) is 1.78. The maximum Gasteiger partial charge on any atom is 0.407 e. The summed E-state index contributed by atoms with van der Waals surface area (Å²) in [7, 11) is 0. The molecule has 0 saturated carbocycles. The van der Waals surface area contributed by atoms with Gasteiger partial charge in [-0.3, -0.25) is 9.59 Å². The molecule has 116 valence electrons. The van der Waals surface area contributed by atoms with Gasteiger partial charge in [0.2, 0.25) is 5.91 Å². The Labute approximate surface area is 125 Å². The van der Waals surface area contributed by atoms with Gasteiger partial charge >= 0.3 is 6.09 Å². The van der Waals surface area contributed by atoms with Crippen LogP contribution in [0.2, 0.25) is 0 Å². The van der Waals surface area contributed by atoms with E-state index in [-0.39, 0.29) is 24.4 Å². The van der Waals surface area contributed by atoms with Crippen molar-refractivity contribution >= 4 is 23.6 Å². The summed E-state index contributed by atoms with van der Waals surface area (Å²) < 4.78 is 18.5. The summed E-state index contributed by atoms with van der Waals surface area (Å²) in [6.07, 6.45) is 0.421. The van der Waals surface area contributed by atoms with Crippen LogP contribution >= 0.6 is 0 Å². The molecule has 1 aliphatic heterocycles. The van der Waals surface area contributed by atoms with Gasteiger partial charge in [-0.1, -0.05) is 12.6 Å². The number of ether oxygens (including phenoxy) is 1. The minimum Gasteiger partial charge on any atom is -0.447 e. The van der Waals surface area contributed by atoms with Crippen LogP contribution in [0, 0.1) is 5.82 Å². The topological polar surface area (TPSA) is 96.5 Å².